The van der Waals surface area contributed by atoms with Crippen molar-refractivity contribution in [1.29, 1.82) is 0 Å². The van der Waals surface area contributed by atoms with E-state index in [1.165, 1.54) is 48.8 Å². The van der Waals surface area contributed by atoms with Gasteiger partial charge in [-0.25, -0.2) is 0 Å². The highest BCUT2D eigenvalue weighted by atomic mass is 16.4. The summed E-state index contributed by atoms with van der Waals surface area (Å²) in [6, 6.07) is 6.67. The van der Waals surface area contributed by atoms with Crippen molar-refractivity contribution in [2.45, 2.75) is 57.8 Å². The van der Waals surface area contributed by atoms with Gasteiger partial charge in [0.05, 0.1) is 5.71 Å². The highest BCUT2D eigenvalue weighted by Crippen LogP contribution is 2.43. The monoisotopic (exact) mass is 257 g/mol. The Labute approximate surface area is 115 Å². The molecule has 0 radical (unpaired) electrons. The number of oxime groups is 1. The summed E-state index contributed by atoms with van der Waals surface area (Å²) in [5.74, 6) is 1.52. The van der Waals surface area contributed by atoms with Gasteiger partial charge in [0.2, 0.25) is 0 Å². The highest BCUT2D eigenvalue weighted by Gasteiger charge is 2.31. The second-order valence-corrected chi connectivity index (χ2v) is 6.18. The van der Waals surface area contributed by atoms with Crippen molar-refractivity contribution >= 4 is 5.71 Å². The fourth-order valence-corrected chi connectivity index (χ4v) is 3.96. The smallest absolute Gasteiger partial charge is 0.0870 e. The standard InChI is InChI=1S/C17H23NO/c1-12-7-8-15-14(13-5-3-2-4-6-13)9-10-17(18-19)16(15)11-12/h7-8,11,13-14,19H,2-6,9-10H2,1H3. The molecular formula is C17H23NO. The molecule has 102 valence electrons. The lowest BCUT2D eigenvalue weighted by atomic mass is 9.70. The van der Waals surface area contributed by atoms with Gasteiger partial charge in [-0.15, -0.1) is 0 Å². The highest BCUT2D eigenvalue weighted by molar-refractivity contribution is 6.02. The molecule has 1 saturated carbocycles. The van der Waals surface area contributed by atoms with Crippen LogP contribution in [0.1, 0.15) is 67.6 Å². The molecule has 0 bridgehead atoms. The van der Waals surface area contributed by atoms with E-state index in [0.29, 0.717) is 5.92 Å². The van der Waals surface area contributed by atoms with Crippen molar-refractivity contribution in [2.75, 3.05) is 0 Å². The number of aryl methyl sites for hydroxylation is 1. The topological polar surface area (TPSA) is 32.6 Å². The summed E-state index contributed by atoms with van der Waals surface area (Å²) >= 11 is 0. The first-order valence-corrected chi connectivity index (χ1v) is 7.61. The number of hydrogen-bond acceptors (Lipinski definition) is 2. The van der Waals surface area contributed by atoms with Crippen LogP contribution in [0, 0.1) is 12.8 Å². The zero-order valence-electron chi connectivity index (χ0n) is 11.7. The van der Waals surface area contributed by atoms with Gasteiger partial charge in [0, 0.05) is 5.56 Å². The van der Waals surface area contributed by atoms with Crippen LogP contribution < -0.4 is 0 Å². The van der Waals surface area contributed by atoms with E-state index in [1.807, 2.05) is 0 Å². The summed E-state index contributed by atoms with van der Waals surface area (Å²) in [7, 11) is 0. The van der Waals surface area contributed by atoms with Crippen molar-refractivity contribution in [3.8, 4) is 0 Å². The van der Waals surface area contributed by atoms with E-state index in [4.69, 9.17) is 0 Å². The summed E-state index contributed by atoms with van der Waals surface area (Å²) < 4.78 is 0. The minimum absolute atomic E-state index is 0.682. The van der Waals surface area contributed by atoms with E-state index in [9.17, 15) is 5.21 Å². The van der Waals surface area contributed by atoms with Gasteiger partial charge in [-0.2, -0.15) is 0 Å². The van der Waals surface area contributed by atoms with Gasteiger partial charge in [0.1, 0.15) is 0 Å². The second kappa shape index (κ2) is 5.36. The molecule has 1 unspecified atom stereocenters. The number of rotatable bonds is 1. The van der Waals surface area contributed by atoms with Crippen molar-refractivity contribution in [2.24, 2.45) is 11.1 Å². The lowest BCUT2D eigenvalue weighted by molar-refractivity contribution is 0.289. The van der Waals surface area contributed by atoms with E-state index < -0.39 is 0 Å². The minimum atomic E-state index is 0.682. The van der Waals surface area contributed by atoms with Crippen LogP contribution in [0.4, 0.5) is 0 Å². The van der Waals surface area contributed by atoms with Crippen LogP contribution >= 0.6 is 0 Å². The largest absolute Gasteiger partial charge is 0.411 e. The maximum absolute atomic E-state index is 9.21. The Morgan fingerprint density at radius 3 is 2.63 bits per heavy atom. The quantitative estimate of drug-likeness (QED) is 0.577. The van der Waals surface area contributed by atoms with Gasteiger partial charge in [-0.1, -0.05) is 42.1 Å². The molecule has 1 atom stereocenters. The molecule has 19 heavy (non-hydrogen) atoms. The van der Waals surface area contributed by atoms with Gasteiger partial charge in [0.25, 0.3) is 0 Å². The third-order valence-corrected chi connectivity index (χ3v) is 4.95. The summed E-state index contributed by atoms with van der Waals surface area (Å²) in [5.41, 5.74) is 4.76. The molecule has 0 aromatic heterocycles. The maximum atomic E-state index is 9.21. The normalized spacial score (nSPS) is 26.4. The third kappa shape index (κ3) is 2.41. The second-order valence-electron chi connectivity index (χ2n) is 6.18. The summed E-state index contributed by atoms with van der Waals surface area (Å²) in [5, 5.41) is 12.7. The van der Waals surface area contributed by atoms with Crippen LogP contribution in [0.15, 0.2) is 23.4 Å². The predicted octanol–water partition coefficient (Wildman–Crippen LogP) is 4.63. The van der Waals surface area contributed by atoms with E-state index >= 15 is 0 Å². The molecule has 0 spiro atoms. The van der Waals surface area contributed by atoms with E-state index in [0.717, 1.165) is 24.5 Å². The summed E-state index contributed by atoms with van der Waals surface area (Å²) in [6.45, 7) is 2.11. The Balaban J connectivity index is 1.96. The van der Waals surface area contributed by atoms with Crippen molar-refractivity contribution in [3.63, 3.8) is 0 Å². The SMILES string of the molecule is Cc1ccc2c(c1)C(=NO)CCC2C1CCCCC1. The van der Waals surface area contributed by atoms with E-state index in [1.54, 1.807) is 0 Å². The molecule has 2 nitrogen and oxygen atoms in total. The number of fused-ring (bicyclic) bond motifs is 1. The van der Waals surface area contributed by atoms with Crippen LogP contribution in [0.5, 0.6) is 0 Å². The first kappa shape index (κ1) is 12.7. The molecule has 0 amide bonds. The molecule has 3 rings (SSSR count). The first-order chi connectivity index (χ1) is 9.29. The Morgan fingerprint density at radius 1 is 1.11 bits per heavy atom. The molecule has 1 aromatic carbocycles. The number of benzene rings is 1. The molecule has 0 saturated heterocycles. The zero-order chi connectivity index (χ0) is 13.2. The average molecular weight is 257 g/mol. The fraction of sp³-hybridized carbons (Fsp3) is 0.588. The minimum Gasteiger partial charge on any atom is -0.411 e. The predicted molar refractivity (Wildman–Crippen MR) is 78.1 cm³/mol. The molecular weight excluding hydrogens is 234 g/mol. The Kier molecular flexibility index (Phi) is 3.58. The molecule has 0 aliphatic heterocycles. The van der Waals surface area contributed by atoms with Crippen molar-refractivity contribution in [3.05, 3.63) is 34.9 Å². The molecule has 1 aromatic rings. The van der Waals surface area contributed by atoms with Crippen LogP contribution in [0.25, 0.3) is 0 Å². The average Bonchev–Trinajstić information content (AvgIpc) is 2.47. The maximum Gasteiger partial charge on any atom is 0.0870 e. The molecule has 2 aliphatic rings. The Bertz CT molecular complexity index is 486. The zero-order valence-corrected chi connectivity index (χ0v) is 11.7. The molecule has 1 fully saturated rings. The van der Waals surface area contributed by atoms with E-state index in [-0.39, 0.29) is 0 Å². The van der Waals surface area contributed by atoms with E-state index in [2.05, 4.69) is 30.3 Å². The van der Waals surface area contributed by atoms with Gasteiger partial charge < -0.3 is 5.21 Å². The van der Waals surface area contributed by atoms with Gasteiger partial charge >= 0.3 is 0 Å². The Hall–Kier alpha value is -1.31. The summed E-state index contributed by atoms with van der Waals surface area (Å²) in [6.07, 6.45) is 9.03. The third-order valence-electron chi connectivity index (χ3n) is 4.95. The lowest BCUT2D eigenvalue weighted by Gasteiger charge is -2.35. The number of hydrogen-bond donors (Lipinski definition) is 1. The van der Waals surface area contributed by atoms with Crippen LogP contribution in [0.3, 0.4) is 0 Å². The lowest BCUT2D eigenvalue weighted by Crippen LogP contribution is -2.24. The molecule has 0 heterocycles. The fourth-order valence-electron chi connectivity index (χ4n) is 3.96. The molecule has 1 N–H and O–H groups in total. The van der Waals surface area contributed by atoms with Gasteiger partial charge in [-0.3, -0.25) is 0 Å². The first-order valence-electron chi connectivity index (χ1n) is 7.61. The van der Waals surface area contributed by atoms with Gasteiger partial charge in [-0.05, 0) is 56.1 Å². The molecule has 2 aliphatic carbocycles. The Morgan fingerprint density at radius 2 is 1.89 bits per heavy atom. The summed E-state index contributed by atoms with van der Waals surface area (Å²) in [4.78, 5) is 0. The van der Waals surface area contributed by atoms with Crippen LogP contribution in [-0.2, 0) is 0 Å². The van der Waals surface area contributed by atoms with Crippen molar-refractivity contribution < 1.29 is 5.21 Å². The van der Waals surface area contributed by atoms with Crippen LogP contribution in [0.2, 0.25) is 0 Å². The van der Waals surface area contributed by atoms with Crippen molar-refractivity contribution in [1.82, 2.24) is 0 Å². The number of nitrogens with zero attached hydrogens (tertiary/aromatic N) is 1. The molecule has 2 heteroatoms. The van der Waals surface area contributed by atoms with Crippen LogP contribution in [-0.4, -0.2) is 10.9 Å². The van der Waals surface area contributed by atoms with Gasteiger partial charge in [0.15, 0.2) is 0 Å².